The zero-order valence-corrected chi connectivity index (χ0v) is 20.5. The predicted octanol–water partition coefficient (Wildman–Crippen LogP) is 4.09. The van der Waals surface area contributed by atoms with Crippen molar-refractivity contribution in [3.63, 3.8) is 0 Å². The summed E-state index contributed by atoms with van der Waals surface area (Å²) in [6.07, 6.45) is 0.634. The molecule has 2 heterocycles. The SMILES string of the molecule is COc1cccc(CCNC(=O)c2nnn(-c3ccc(F)cc3)c2CSc2nc(C)cc(C)n2)c1. The molecule has 4 rings (SSSR count). The number of halogens is 1. The van der Waals surface area contributed by atoms with Crippen LogP contribution in [0.1, 0.15) is 33.1 Å². The van der Waals surface area contributed by atoms with Crippen LogP contribution in [0.4, 0.5) is 4.39 Å². The number of thioether (sulfide) groups is 1. The van der Waals surface area contributed by atoms with Gasteiger partial charge in [-0.05, 0) is 68.3 Å². The Morgan fingerprint density at radius 3 is 2.54 bits per heavy atom. The van der Waals surface area contributed by atoms with Crippen LogP contribution in [0.2, 0.25) is 0 Å². The monoisotopic (exact) mass is 492 g/mol. The number of amides is 1. The number of hydrogen-bond donors (Lipinski definition) is 1. The summed E-state index contributed by atoms with van der Waals surface area (Å²) in [5.74, 6) is 0.428. The molecular weight excluding hydrogens is 467 g/mol. The van der Waals surface area contributed by atoms with Crippen LogP contribution in [0, 0.1) is 19.7 Å². The first-order valence-electron chi connectivity index (χ1n) is 11.0. The van der Waals surface area contributed by atoms with Gasteiger partial charge in [0.1, 0.15) is 11.6 Å². The molecule has 0 saturated carbocycles. The molecule has 0 radical (unpaired) electrons. The van der Waals surface area contributed by atoms with Crippen LogP contribution >= 0.6 is 11.8 Å². The zero-order chi connectivity index (χ0) is 24.8. The van der Waals surface area contributed by atoms with Gasteiger partial charge in [0, 0.05) is 23.7 Å². The van der Waals surface area contributed by atoms with Gasteiger partial charge in [0.05, 0.1) is 18.5 Å². The van der Waals surface area contributed by atoms with E-state index in [9.17, 15) is 9.18 Å². The van der Waals surface area contributed by atoms with Gasteiger partial charge in [0.25, 0.3) is 5.91 Å². The molecule has 0 bridgehead atoms. The number of carbonyl (C=O) groups excluding carboxylic acids is 1. The number of aryl methyl sites for hydroxylation is 2. The average molecular weight is 493 g/mol. The Kier molecular flexibility index (Phi) is 7.71. The van der Waals surface area contributed by atoms with E-state index in [4.69, 9.17) is 4.74 Å². The van der Waals surface area contributed by atoms with Gasteiger partial charge in [-0.2, -0.15) is 0 Å². The molecule has 0 atom stereocenters. The lowest BCUT2D eigenvalue weighted by molar-refractivity contribution is 0.0948. The molecule has 8 nitrogen and oxygen atoms in total. The first-order valence-corrected chi connectivity index (χ1v) is 12.0. The Labute approximate surface area is 207 Å². The van der Waals surface area contributed by atoms with Crippen molar-refractivity contribution in [1.29, 1.82) is 0 Å². The molecule has 4 aromatic rings. The third-order valence-electron chi connectivity index (χ3n) is 5.18. The van der Waals surface area contributed by atoms with E-state index in [0.29, 0.717) is 35.3 Å². The number of nitrogens with zero attached hydrogens (tertiary/aromatic N) is 5. The minimum absolute atomic E-state index is 0.205. The van der Waals surface area contributed by atoms with E-state index in [1.54, 1.807) is 23.9 Å². The number of aromatic nitrogens is 5. The molecule has 1 N–H and O–H groups in total. The molecule has 0 unspecified atom stereocenters. The first-order chi connectivity index (χ1) is 16.9. The van der Waals surface area contributed by atoms with Crippen molar-refractivity contribution in [2.45, 2.75) is 31.2 Å². The smallest absolute Gasteiger partial charge is 0.273 e. The average Bonchev–Trinajstić information content (AvgIpc) is 3.27. The highest BCUT2D eigenvalue weighted by molar-refractivity contribution is 7.98. The third-order valence-corrected chi connectivity index (χ3v) is 6.04. The summed E-state index contributed by atoms with van der Waals surface area (Å²) in [5, 5.41) is 11.9. The van der Waals surface area contributed by atoms with E-state index in [0.717, 1.165) is 22.7 Å². The molecule has 180 valence electrons. The van der Waals surface area contributed by atoms with Crippen molar-refractivity contribution in [1.82, 2.24) is 30.3 Å². The van der Waals surface area contributed by atoms with E-state index >= 15 is 0 Å². The van der Waals surface area contributed by atoms with Crippen LogP contribution < -0.4 is 10.1 Å². The number of nitrogens with one attached hydrogen (secondary N) is 1. The number of methoxy groups -OCH3 is 1. The highest BCUT2D eigenvalue weighted by Gasteiger charge is 2.21. The Morgan fingerprint density at radius 1 is 1.09 bits per heavy atom. The quantitative estimate of drug-likeness (QED) is 0.278. The standard InChI is InChI=1S/C25H25FN6O2S/c1-16-13-17(2)29-25(28-16)35-15-22-23(30-31-32(22)20-9-7-19(26)8-10-20)24(33)27-12-11-18-5-4-6-21(14-18)34-3/h4-10,13-14H,11-12,15H2,1-3H3,(H,27,33). The van der Waals surface area contributed by atoms with Crippen molar-refractivity contribution < 1.29 is 13.9 Å². The largest absolute Gasteiger partial charge is 0.497 e. The normalized spacial score (nSPS) is 10.9. The minimum atomic E-state index is -0.357. The van der Waals surface area contributed by atoms with Crippen molar-refractivity contribution in [3.05, 3.63) is 88.8 Å². The lowest BCUT2D eigenvalue weighted by atomic mass is 10.1. The van der Waals surface area contributed by atoms with Gasteiger partial charge in [0.15, 0.2) is 10.9 Å². The Hall–Kier alpha value is -3.79. The van der Waals surface area contributed by atoms with Crippen molar-refractivity contribution >= 4 is 17.7 Å². The summed E-state index contributed by atoms with van der Waals surface area (Å²) >= 11 is 1.38. The van der Waals surface area contributed by atoms with Crippen LogP contribution in [0.3, 0.4) is 0 Å². The molecule has 0 aliphatic carbocycles. The van der Waals surface area contributed by atoms with Gasteiger partial charge in [-0.3, -0.25) is 4.79 Å². The summed E-state index contributed by atoms with van der Waals surface area (Å²) in [7, 11) is 1.62. The fourth-order valence-electron chi connectivity index (χ4n) is 3.52. The molecule has 35 heavy (non-hydrogen) atoms. The number of benzene rings is 2. The summed E-state index contributed by atoms with van der Waals surface area (Å²) < 4.78 is 20.3. The third kappa shape index (κ3) is 6.21. The first kappa shape index (κ1) is 24.3. The fourth-order valence-corrected chi connectivity index (χ4v) is 4.46. The molecule has 0 saturated heterocycles. The van der Waals surface area contributed by atoms with Crippen molar-refractivity contribution in [2.75, 3.05) is 13.7 Å². The molecule has 0 fully saturated rings. The maximum absolute atomic E-state index is 13.5. The Balaban J connectivity index is 1.54. The molecule has 0 aliphatic heterocycles. The summed E-state index contributed by atoms with van der Waals surface area (Å²) in [5.41, 5.74) is 4.15. The lowest BCUT2D eigenvalue weighted by Crippen LogP contribution is -2.27. The van der Waals surface area contributed by atoms with E-state index in [-0.39, 0.29) is 17.4 Å². The predicted molar refractivity (Wildman–Crippen MR) is 131 cm³/mol. The second-order valence-corrected chi connectivity index (χ2v) is 8.79. The number of ether oxygens (including phenoxy) is 1. The zero-order valence-electron chi connectivity index (χ0n) is 19.7. The van der Waals surface area contributed by atoms with E-state index in [1.165, 1.54) is 23.9 Å². The summed E-state index contributed by atoms with van der Waals surface area (Å²) in [6, 6.07) is 15.5. The summed E-state index contributed by atoms with van der Waals surface area (Å²) in [4.78, 5) is 22.0. The van der Waals surface area contributed by atoms with Gasteiger partial charge >= 0.3 is 0 Å². The van der Waals surface area contributed by atoms with E-state index in [2.05, 4.69) is 25.6 Å². The minimum Gasteiger partial charge on any atom is -0.497 e. The lowest BCUT2D eigenvalue weighted by Gasteiger charge is -2.09. The number of carbonyl (C=O) groups is 1. The van der Waals surface area contributed by atoms with Crippen LogP contribution in [-0.4, -0.2) is 44.5 Å². The van der Waals surface area contributed by atoms with Crippen LogP contribution in [0.15, 0.2) is 59.8 Å². The van der Waals surface area contributed by atoms with Gasteiger partial charge in [0.2, 0.25) is 0 Å². The van der Waals surface area contributed by atoms with Crippen LogP contribution in [0.25, 0.3) is 5.69 Å². The molecule has 2 aromatic heterocycles. The Morgan fingerprint density at radius 2 is 1.83 bits per heavy atom. The molecular formula is C25H25FN6O2S. The topological polar surface area (TPSA) is 94.8 Å². The second-order valence-electron chi connectivity index (χ2n) is 7.85. The maximum atomic E-state index is 13.5. The number of hydrogen-bond acceptors (Lipinski definition) is 7. The highest BCUT2D eigenvalue weighted by atomic mass is 32.2. The molecule has 10 heteroatoms. The fraction of sp³-hybridized carbons (Fsp3) is 0.240. The summed E-state index contributed by atoms with van der Waals surface area (Å²) in [6.45, 7) is 4.23. The molecule has 1 amide bonds. The van der Waals surface area contributed by atoms with E-state index < -0.39 is 0 Å². The van der Waals surface area contributed by atoms with Gasteiger partial charge < -0.3 is 10.1 Å². The van der Waals surface area contributed by atoms with Gasteiger partial charge in [-0.1, -0.05) is 29.1 Å². The van der Waals surface area contributed by atoms with Gasteiger partial charge in [-0.25, -0.2) is 19.0 Å². The highest BCUT2D eigenvalue weighted by Crippen LogP contribution is 2.24. The molecule has 0 aliphatic rings. The molecule has 2 aromatic carbocycles. The van der Waals surface area contributed by atoms with Crippen LogP contribution in [0.5, 0.6) is 5.75 Å². The second kappa shape index (κ2) is 11.1. The van der Waals surface area contributed by atoms with Crippen molar-refractivity contribution in [2.24, 2.45) is 0 Å². The van der Waals surface area contributed by atoms with E-state index in [1.807, 2.05) is 44.2 Å². The molecule has 0 spiro atoms. The number of rotatable bonds is 9. The van der Waals surface area contributed by atoms with Crippen LogP contribution in [-0.2, 0) is 12.2 Å². The Bertz CT molecular complexity index is 1310. The van der Waals surface area contributed by atoms with Gasteiger partial charge in [-0.15, -0.1) is 5.10 Å². The van der Waals surface area contributed by atoms with Crippen molar-refractivity contribution in [3.8, 4) is 11.4 Å². The maximum Gasteiger partial charge on any atom is 0.273 e.